The van der Waals surface area contributed by atoms with Crippen molar-refractivity contribution in [2.24, 2.45) is 10.9 Å². The van der Waals surface area contributed by atoms with E-state index in [1.54, 1.807) is 50.0 Å². The Labute approximate surface area is 619 Å². The van der Waals surface area contributed by atoms with E-state index in [0.717, 1.165) is 34.4 Å². The second-order valence-electron chi connectivity index (χ2n) is 18.5. The number of aryl methyl sites for hydroxylation is 11. The number of aromatic amines is 1. The molecule has 1 N–H and O–H groups in total. The molecule has 11 nitrogen and oxygen atoms in total. The third-order valence-electron chi connectivity index (χ3n) is 10.6. The topological polar surface area (TPSA) is 144 Å². The summed E-state index contributed by atoms with van der Waals surface area (Å²) < 4.78 is 4.86. The number of benzene rings is 5. The Morgan fingerprint density at radius 3 is 1.12 bits per heavy atom. The van der Waals surface area contributed by atoms with Crippen LogP contribution in [0.1, 0.15) is 238 Å². The Morgan fingerprint density at radius 2 is 0.840 bits per heavy atom. The summed E-state index contributed by atoms with van der Waals surface area (Å²) in [4.78, 5) is 23.6. The fourth-order valence-electron chi connectivity index (χ4n) is 5.98. The van der Waals surface area contributed by atoms with E-state index < -0.39 is 0 Å². The van der Waals surface area contributed by atoms with Crippen LogP contribution in [0.3, 0.4) is 0 Å². The molecule has 0 atom stereocenters. The summed E-state index contributed by atoms with van der Waals surface area (Å²) in [5, 5.41) is 18.3. The maximum Gasteiger partial charge on any atom is 0.213 e. The number of pyridine rings is 2. The van der Waals surface area contributed by atoms with Gasteiger partial charge in [0.1, 0.15) is 6.33 Å². The molecule has 1 aliphatic heterocycles. The largest absolute Gasteiger partial charge is 0.426 e. The van der Waals surface area contributed by atoms with Crippen molar-refractivity contribution in [2.75, 3.05) is 0 Å². The zero-order valence-corrected chi connectivity index (χ0v) is 69.1. The van der Waals surface area contributed by atoms with Gasteiger partial charge in [-0.25, -0.2) is 9.97 Å². The van der Waals surface area contributed by atoms with E-state index in [1.165, 1.54) is 69.1 Å². The molecule has 12 heteroatoms. The lowest BCUT2D eigenvalue weighted by atomic mass is 10.1. The summed E-state index contributed by atoms with van der Waals surface area (Å²) in [5.74, 6) is 2.33. The van der Waals surface area contributed by atoms with Crippen LogP contribution in [-0.2, 0) is 6.54 Å². The van der Waals surface area contributed by atoms with Crippen LogP contribution < -0.4 is 0 Å². The molecule has 1 fully saturated rings. The van der Waals surface area contributed by atoms with Crippen LogP contribution in [0.25, 0.3) is 10.9 Å². The quantitative estimate of drug-likeness (QED) is 0.157. The summed E-state index contributed by atoms with van der Waals surface area (Å²) in [6, 6.07) is 55.1. The van der Waals surface area contributed by atoms with Crippen molar-refractivity contribution in [2.45, 2.75) is 248 Å². The third kappa shape index (κ3) is 75.2. The van der Waals surface area contributed by atoms with Crippen molar-refractivity contribution in [3.8, 4) is 0 Å². The summed E-state index contributed by atoms with van der Waals surface area (Å²) >= 11 is 1.67. The van der Waals surface area contributed by atoms with Gasteiger partial charge in [0, 0.05) is 73.2 Å². The number of thiazole rings is 1. The standard InChI is InChI=1S/C9H9N.C8H8N2.3C7H8.2C6H7N.C5H6N2.C4H6N2O.C4H5NS.C4H8.10C2H6.CH4/c1-7-2-3-8-5-10-6-9(8)4-7;1-6-2-3-7-5-9-10-8(7)4-6;3*1-7-5-3-2-4-6-7;1-6-3-2-4-7-5-6;1-6-4-2-3-5-7-6;1-5-2-3-6-4-7-5;1-3-5-6-4(2)7-3;1-4-5-2-3-6-4;1-4-2-3-4;10*1-2;/h2-4,6H,5H2,1H3;2-5H,1H3,(H,9,10);3*2-6H,1H3;2*2-5H,1H3;2-4H,1H3;1-2H3;2-3H,1H3;4H,2-3H2,1H3;10*1-2H3;1H4. The molecule has 13 rings (SSSR count). The van der Waals surface area contributed by atoms with Crippen molar-refractivity contribution < 1.29 is 4.42 Å². The first-order valence-electron chi connectivity index (χ1n) is 36.3. The smallest absolute Gasteiger partial charge is 0.213 e. The number of H-pyrrole nitrogens is 1. The van der Waals surface area contributed by atoms with Crippen LogP contribution in [0.15, 0.2) is 222 Å². The monoisotopic (exact) mass is 1390 g/mol. The van der Waals surface area contributed by atoms with E-state index in [0.29, 0.717) is 11.8 Å². The Balaban J connectivity index is -0.000000127. The molecule has 0 unspecified atom stereocenters. The van der Waals surface area contributed by atoms with Crippen LogP contribution in [0.2, 0.25) is 0 Å². The summed E-state index contributed by atoms with van der Waals surface area (Å²) in [7, 11) is 0. The molecule has 11 aromatic rings. The van der Waals surface area contributed by atoms with E-state index >= 15 is 0 Å². The Hall–Kier alpha value is -8.61. The second kappa shape index (κ2) is 88.4. The molecule has 7 heterocycles. The fraction of sp³-hybridized carbons (Fsp3) is 0.420. The van der Waals surface area contributed by atoms with Crippen LogP contribution >= 0.6 is 11.3 Å². The van der Waals surface area contributed by atoms with Gasteiger partial charge in [-0.2, -0.15) is 5.10 Å². The highest BCUT2D eigenvalue weighted by Crippen LogP contribution is 2.26. The minimum atomic E-state index is 0. The number of hydrogen-bond acceptors (Lipinski definition) is 11. The van der Waals surface area contributed by atoms with Crippen molar-refractivity contribution in [3.63, 3.8) is 0 Å². The molecule has 6 aromatic heterocycles. The van der Waals surface area contributed by atoms with Crippen molar-refractivity contribution >= 4 is 28.5 Å². The molecule has 100 heavy (non-hydrogen) atoms. The number of aromatic nitrogens is 9. The van der Waals surface area contributed by atoms with Gasteiger partial charge in [0.2, 0.25) is 11.8 Å². The molecule has 0 spiro atoms. The SMILES string of the molecule is C.CC.CC.CC.CC.CC.CC.CC.CC.CC.CC.CC1CC1.Cc1ccc2c(c1)C=NC2.Cc1ccc2cn[nH]c2c1.Cc1ccccc1.Cc1ccccc1.Cc1ccccc1.Cc1ccccn1.Cc1cccnc1.Cc1ccncn1.Cc1nccs1.Cc1nnc(C)o1. The average Bonchev–Trinajstić information content (AvgIpc) is 1.72. The van der Waals surface area contributed by atoms with Gasteiger partial charge in [0.25, 0.3) is 0 Å². The second-order valence-corrected chi connectivity index (χ2v) is 19.6. The molecular weight excluding hydrogens is 1250 g/mol. The molecule has 0 amide bonds. The Kier molecular flexibility index (Phi) is 97.2. The maximum atomic E-state index is 4.86. The van der Waals surface area contributed by atoms with E-state index in [9.17, 15) is 0 Å². The number of nitrogens with zero attached hydrogens (tertiary/aromatic N) is 9. The molecule has 2 aliphatic rings. The zero-order chi connectivity index (χ0) is 77.3. The number of nitrogens with one attached hydrogen (secondary N) is 1. The highest BCUT2D eigenvalue weighted by molar-refractivity contribution is 7.09. The highest BCUT2D eigenvalue weighted by Gasteiger charge is 2.12. The van der Waals surface area contributed by atoms with Gasteiger partial charge in [-0.3, -0.25) is 25.0 Å². The van der Waals surface area contributed by atoms with Crippen LogP contribution in [0.4, 0.5) is 0 Å². The van der Waals surface area contributed by atoms with Gasteiger partial charge in [-0.1, -0.05) is 321 Å². The molecule has 0 saturated heterocycles. The number of aliphatic imine (C=N–C) groups is 1. The summed E-state index contributed by atoms with van der Waals surface area (Å²) in [5.41, 5.74) is 13.6. The predicted octanol–water partition coefficient (Wildman–Crippen LogP) is 27.8. The molecule has 0 radical (unpaired) electrons. The Bertz CT molecular complexity index is 2900. The fourth-order valence-corrected chi connectivity index (χ4v) is 6.43. The van der Waals surface area contributed by atoms with E-state index in [2.05, 4.69) is 165 Å². The first-order valence-corrected chi connectivity index (χ1v) is 37.2. The van der Waals surface area contributed by atoms with Gasteiger partial charge < -0.3 is 4.42 Å². The minimum Gasteiger partial charge on any atom is -0.426 e. The maximum absolute atomic E-state index is 4.86. The van der Waals surface area contributed by atoms with E-state index in [-0.39, 0.29) is 7.43 Å². The lowest BCUT2D eigenvalue weighted by Gasteiger charge is -1.96. The van der Waals surface area contributed by atoms with Gasteiger partial charge >= 0.3 is 0 Å². The normalized spacial score (nSPS) is 8.92. The summed E-state index contributed by atoms with van der Waals surface area (Å²) in [6.45, 7) is 65.0. The molecule has 5 aromatic carbocycles. The summed E-state index contributed by atoms with van der Waals surface area (Å²) in [6.07, 6.45) is 17.2. The number of fused-ring (bicyclic) bond motifs is 2. The molecular formula is C88H144N10OS. The zero-order valence-electron chi connectivity index (χ0n) is 68.3. The number of hydrogen-bond donors (Lipinski definition) is 1. The first-order chi connectivity index (χ1) is 48.2. The molecule has 1 aliphatic carbocycles. The molecule has 0 bridgehead atoms. The van der Waals surface area contributed by atoms with E-state index in [4.69, 9.17) is 4.42 Å². The van der Waals surface area contributed by atoms with E-state index in [1.807, 2.05) is 281 Å². The third-order valence-corrected chi connectivity index (χ3v) is 11.3. The van der Waals surface area contributed by atoms with Gasteiger partial charge in [0.15, 0.2) is 0 Å². The predicted molar refractivity (Wildman–Crippen MR) is 451 cm³/mol. The van der Waals surface area contributed by atoms with Crippen LogP contribution in [0, 0.1) is 82.1 Å². The number of rotatable bonds is 0. The lowest BCUT2D eigenvalue weighted by Crippen LogP contribution is -1.83. The average molecular weight is 1390 g/mol. The van der Waals surface area contributed by atoms with Crippen molar-refractivity contribution in [1.82, 2.24) is 45.3 Å². The van der Waals surface area contributed by atoms with Gasteiger partial charge in [0.05, 0.1) is 23.3 Å². The van der Waals surface area contributed by atoms with Gasteiger partial charge in [-0.15, -0.1) is 21.5 Å². The van der Waals surface area contributed by atoms with Crippen molar-refractivity contribution in [3.05, 3.63) is 285 Å². The molecule has 558 valence electrons. The van der Waals surface area contributed by atoms with Crippen LogP contribution in [-0.4, -0.2) is 51.5 Å². The lowest BCUT2D eigenvalue weighted by molar-refractivity contribution is 0.489. The van der Waals surface area contributed by atoms with Crippen molar-refractivity contribution in [1.29, 1.82) is 0 Å². The molecule has 1 saturated carbocycles. The van der Waals surface area contributed by atoms with Crippen LogP contribution in [0.5, 0.6) is 0 Å². The Morgan fingerprint density at radius 1 is 0.400 bits per heavy atom. The first kappa shape index (κ1) is 110. The van der Waals surface area contributed by atoms with Gasteiger partial charge in [-0.05, 0) is 121 Å². The highest BCUT2D eigenvalue weighted by atomic mass is 32.1. The minimum absolute atomic E-state index is 0.